The first-order valence-electron chi connectivity index (χ1n) is 8.04. The molecule has 106 valence electrons. The van der Waals surface area contributed by atoms with E-state index < -0.39 is 0 Å². The molecule has 1 saturated carbocycles. The van der Waals surface area contributed by atoms with Crippen LogP contribution in [0.4, 0.5) is 0 Å². The van der Waals surface area contributed by atoms with E-state index in [0.717, 1.165) is 17.9 Å². The van der Waals surface area contributed by atoms with Crippen molar-refractivity contribution in [2.75, 3.05) is 19.6 Å². The van der Waals surface area contributed by atoms with Crippen LogP contribution in [0.2, 0.25) is 0 Å². The number of rotatable bonds is 6. The molecule has 0 amide bonds. The predicted molar refractivity (Wildman–Crippen MR) is 78.9 cm³/mol. The molecule has 0 aromatic carbocycles. The van der Waals surface area contributed by atoms with Crippen LogP contribution >= 0.6 is 0 Å². The molecule has 1 heterocycles. The first-order chi connectivity index (χ1) is 8.56. The first-order valence-corrected chi connectivity index (χ1v) is 8.04. The van der Waals surface area contributed by atoms with E-state index in [0.29, 0.717) is 5.54 Å². The van der Waals surface area contributed by atoms with E-state index in [1.165, 1.54) is 51.7 Å². The second kappa shape index (κ2) is 5.92. The van der Waals surface area contributed by atoms with Gasteiger partial charge in [-0.3, -0.25) is 4.90 Å². The maximum atomic E-state index is 3.81. The Morgan fingerprint density at radius 3 is 2.61 bits per heavy atom. The first kappa shape index (κ1) is 14.3. The second-order valence-electron chi connectivity index (χ2n) is 7.13. The van der Waals surface area contributed by atoms with Crippen LogP contribution in [0.15, 0.2) is 0 Å². The zero-order valence-electron chi connectivity index (χ0n) is 12.8. The van der Waals surface area contributed by atoms with Gasteiger partial charge in [0.2, 0.25) is 0 Å². The molecule has 1 aliphatic carbocycles. The maximum absolute atomic E-state index is 3.81. The summed E-state index contributed by atoms with van der Waals surface area (Å²) in [5.41, 5.74) is 0.444. The Hall–Kier alpha value is -0.0800. The standard InChI is InChI=1S/C16H32N2/c1-5-6-15-11-18(10-9-13(2)3)16(4,12-17-15)14-7-8-14/h13-15,17H,5-12H2,1-4H3. The summed E-state index contributed by atoms with van der Waals surface area (Å²) in [6.07, 6.45) is 6.89. The Morgan fingerprint density at radius 2 is 2.06 bits per heavy atom. The highest BCUT2D eigenvalue weighted by molar-refractivity contribution is 5.04. The van der Waals surface area contributed by atoms with Gasteiger partial charge in [0, 0.05) is 24.7 Å². The zero-order chi connectivity index (χ0) is 13.2. The molecular weight excluding hydrogens is 220 g/mol. The molecular formula is C16H32N2. The van der Waals surface area contributed by atoms with Crippen molar-refractivity contribution in [3.8, 4) is 0 Å². The molecule has 2 atom stereocenters. The van der Waals surface area contributed by atoms with E-state index >= 15 is 0 Å². The van der Waals surface area contributed by atoms with Crippen molar-refractivity contribution in [3.63, 3.8) is 0 Å². The van der Waals surface area contributed by atoms with Gasteiger partial charge >= 0.3 is 0 Å². The molecule has 1 saturated heterocycles. The van der Waals surface area contributed by atoms with Crippen LogP contribution in [-0.2, 0) is 0 Å². The van der Waals surface area contributed by atoms with E-state index in [4.69, 9.17) is 0 Å². The summed E-state index contributed by atoms with van der Waals surface area (Å²) in [5.74, 6) is 1.78. The lowest BCUT2D eigenvalue weighted by Gasteiger charge is -2.49. The molecule has 18 heavy (non-hydrogen) atoms. The number of piperazine rings is 1. The highest BCUT2D eigenvalue weighted by Crippen LogP contribution is 2.44. The third kappa shape index (κ3) is 3.27. The highest BCUT2D eigenvalue weighted by atomic mass is 15.3. The van der Waals surface area contributed by atoms with E-state index in [1.807, 2.05) is 0 Å². The third-order valence-corrected chi connectivity index (χ3v) is 4.98. The van der Waals surface area contributed by atoms with Crippen molar-refractivity contribution in [1.82, 2.24) is 10.2 Å². The van der Waals surface area contributed by atoms with Crippen molar-refractivity contribution in [3.05, 3.63) is 0 Å². The van der Waals surface area contributed by atoms with Gasteiger partial charge in [0.05, 0.1) is 0 Å². The van der Waals surface area contributed by atoms with Gasteiger partial charge in [-0.25, -0.2) is 0 Å². The minimum Gasteiger partial charge on any atom is -0.311 e. The molecule has 2 fully saturated rings. The van der Waals surface area contributed by atoms with E-state index in [2.05, 4.69) is 37.9 Å². The van der Waals surface area contributed by atoms with Crippen molar-refractivity contribution >= 4 is 0 Å². The van der Waals surface area contributed by atoms with Gasteiger partial charge in [0.15, 0.2) is 0 Å². The van der Waals surface area contributed by atoms with Crippen molar-refractivity contribution in [2.24, 2.45) is 11.8 Å². The van der Waals surface area contributed by atoms with Gasteiger partial charge in [0.1, 0.15) is 0 Å². The normalized spacial score (nSPS) is 34.2. The molecule has 2 aliphatic rings. The monoisotopic (exact) mass is 252 g/mol. The minimum absolute atomic E-state index is 0.444. The number of hydrogen-bond acceptors (Lipinski definition) is 2. The van der Waals surface area contributed by atoms with Crippen LogP contribution in [0.5, 0.6) is 0 Å². The van der Waals surface area contributed by atoms with Crippen LogP contribution < -0.4 is 5.32 Å². The lowest BCUT2D eigenvalue weighted by molar-refractivity contribution is 0.0295. The Labute approximate surface area is 114 Å². The van der Waals surface area contributed by atoms with E-state index in [9.17, 15) is 0 Å². The van der Waals surface area contributed by atoms with Crippen molar-refractivity contribution in [1.29, 1.82) is 0 Å². The van der Waals surface area contributed by atoms with Crippen LogP contribution in [0.1, 0.15) is 59.8 Å². The van der Waals surface area contributed by atoms with Crippen LogP contribution in [0.25, 0.3) is 0 Å². The molecule has 2 nitrogen and oxygen atoms in total. The quantitative estimate of drug-likeness (QED) is 0.780. The topological polar surface area (TPSA) is 15.3 Å². The molecule has 0 spiro atoms. The second-order valence-corrected chi connectivity index (χ2v) is 7.13. The molecule has 0 aromatic heterocycles. The predicted octanol–water partition coefficient (Wildman–Crippen LogP) is 3.28. The molecule has 2 heteroatoms. The van der Waals surface area contributed by atoms with Crippen LogP contribution in [0, 0.1) is 11.8 Å². The van der Waals surface area contributed by atoms with Gasteiger partial charge in [0.25, 0.3) is 0 Å². The largest absolute Gasteiger partial charge is 0.311 e. The molecule has 0 bridgehead atoms. The summed E-state index contributed by atoms with van der Waals surface area (Å²) >= 11 is 0. The molecule has 1 aliphatic heterocycles. The Balaban J connectivity index is 1.96. The van der Waals surface area contributed by atoms with Gasteiger partial charge in [-0.2, -0.15) is 0 Å². The van der Waals surface area contributed by atoms with Crippen molar-refractivity contribution < 1.29 is 0 Å². The number of hydrogen-bond donors (Lipinski definition) is 1. The lowest BCUT2D eigenvalue weighted by Crippen LogP contribution is -2.64. The Morgan fingerprint density at radius 1 is 1.33 bits per heavy atom. The van der Waals surface area contributed by atoms with E-state index in [1.54, 1.807) is 0 Å². The smallest absolute Gasteiger partial charge is 0.0334 e. The summed E-state index contributed by atoms with van der Waals surface area (Å²) in [7, 11) is 0. The van der Waals surface area contributed by atoms with Gasteiger partial charge < -0.3 is 5.32 Å². The SMILES string of the molecule is CCCC1CN(CCC(C)C)C(C)(C2CC2)CN1. The van der Waals surface area contributed by atoms with E-state index in [-0.39, 0.29) is 0 Å². The summed E-state index contributed by atoms with van der Waals surface area (Å²) < 4.78 is 0. The fraction of sp³-hybridized carbons (Fsp3) is 1.00. The Bertz CT molecular complexity index is 260. The van der Waals surface area contributed by atoms with Crippen LogP contribution in [-0.4, -0.2) is 36.1 Å². The number of nitrogens with one attached hydrogen (secondary N) is 1. The molecule has 0 radical (unpaired) electrons. The summed E-state index contributed by atoms with van der Waals surface area (Å²) in [6, 6.07) is 0.731. The van der Waals surface area contributed by atoms with Gasteiger partial charge in [-0.1, -0.05) is 27.2 Å². The molecule has 2 unspecified atom stereocenters. The maximum Gasteiger partial charge on any atom is 0.0334 e. The average molecular weight is 252 g/mol. The third-order valence-electron chi connectivity index (χ3n) is 4.98. The molecule has 2 rings (SSSR count). The highest BCUT2D eigenvalue weighted by Gasteiger charge is 2.47. The Kier molecular flexibility index (Phi) is 4.71. The summed E-state index contributed by atoms with van der Waals surface area (Å²) in [4.78, 5) is 2.82. The minimum atomic E-state index is 0.444. The fourth-order valence-corrected chi connectivity index (χ4v) is 3.41. The van der Waals surface area contributed by atoms with Crippen LogP contribution in [0.3, 0.4) is 0 Å². The lowest BCUT2D eigenvalue weighted by atomic mass is 9.88. The number of nitrogens with zero attached hydrogens (tertiary/aromatic N) is 1. The molecule has 0 aromatic rings. The fourth-order valence-electron chi connectivity index (χ4n) is 3.41. The van der Waals surface area contributed by atoms with Gasteiger partial charge in [-0.05, 0) is 51.0 Å². The summed E-state index contributed by atoms with van der Waals surface area (Å²) in [5, 5.41) is 3.81. The molecule has 1 N–H and O–H groups in total. The van der Waals surface area contributed by atoms with Crippen molar-refractivity contribution in [2.45, 2.75) is 71.4 Å². The summed E-state index contributed by atoms with van der Waals surface area (Å²) in [6.45, 7) is 13.3. The average Bonchev–Trinajstić information content (AvgIpc) is 3.14. The van der Waals surface area contributed by atoms with Gasteiger partial charge in [-0.15, -0.1) is 0 Å². The zero-order valence-corrected chi connectivity index (χ0v) is 12.8.